The number of aromatic nitrogens is 1. The number of carbonyl (C=O) groups excluding carboxylic acids is 1. The second-order valence-electron chi connectivity index (χ2n) is 4.25. The number of ether oxygens (including phenoxy) is 1. The number of nitriles is 1. The molecule has 1 fully saturated rings. The van der Waals surface area contributed by atoms with Crippen molar-refractivity contribution >= 4 is 11.7 Å². The fourth-order valence-corrected chi connectivity index (χ4v) is 2.10. The summed E-state index contributed by atoms with van der Waals surface area (Å²) in [6, 6.07) is 5.25. The van der Waals surface area contributed by atoms with Gasteiger partial charge in [-0.2, -0.15) is 5.26 Å². The topological polar surface area (TPSA) is 75.0 Å². The summed E-state index contributed by atoms with van der Waals surface area (Å²) in [6.45, 7) is 2.65. The molecular weight excluding hydrogens is 230 g/mol. The largest absolute Gasteiger partial charge is 0.377 e. The first-order valence-electron chi connectivity index (χ1n) is 6.03. The van der Waals surface area contributed by atoms with Crippen LogP contribution in [0.4, 0.5) is 5.82 Å². The normalized spacial score (nSPS) is 22.4. The molecule has 2 heterocycles. The van der Waals surface area contributed by atoms with Gasteiger partial charge in [0.05, 0.1) is 17.6 Å². The van der Waals surface area contributed by atoms with Gasteiger partial charge < -0.3 is 10.1 Å². The molecule has 5 nitrogen and oxygen atoms in total. The smallest absolute Gasteiger partial charge is 0.231 e. The average Bonchev–Trinajstić information content (AvgIpc) is 2.88. The molecule has 5 heteroatoms. The molecular formula is C13H15N3O2. The van der Waals surface area contributed by atoms with E-state index in [4.69, 9.17) is 10.00 Å². The Labute approximate surface area is 106 Å². The van der Waals surface area contributed by atoms with E-state index in [1.807, 2.05) is 13.0 Å². The Kier molecular flexibility index (Phi) is 3.90. The minimum absolute atomic E-state index is 0.00313. The van der Waals surface area contributed by atoms with Crippen LogP contribution in [0, 0.1) is 17.2 Å². The van der Waals surface area contributed by atoms with Gasteiger partial charge >= 0.3 is 0 Å². The van der Waals surface area contributed by atoms with Crippen LogP contribution in [0.5, 0.6) is 0 Å². The molecule has 0 aromatic carbocycles. The lowest BCUT2D eigenvalue weighted by Gasteiger charge is -2.15. The molecule has 0 spiro atoms. The predicted molar refractivity (Wildman–Crippen MR) is 65.7 cm³/mol. The van der Waals surface area contributed by atoms with Gasteiger partial charge in [0.1, 0.15) is 11.9 Å². The van der Waals surface area contributed by atoms with Crippen molar-refractivity contribution in [1.29, 1.82) is 5.26 Å². The number of hydrogen-bond donors (Lipinski definition) is 1. The van der Waals surface area contributed by atoms with E-state index in [1.54, 1.807) is 12.1 Å². The Balaban J connectivity index is 2.00. The van der Waals surface area contributed by atoms with E-state index >= 15 is 0 Å². The van der Waals surface area contributed by atoms with Crippen molar-refractivity contribution in [3.63, 3.8) is 0 Å². The Morgan fingerprint density at radius 1 is 1.67 bits per heavy atom. The highest BCUT2D eigenvalue weighted by Gasteiger charge is 2.32. The summed E-state index contributed by atoms with van der Waals surface area (Å²) in [7, 11) is 0. The van der Waals surface area contributed by atoms with Crippen molar-refractivity contribution in [2.45, 2.75) is 25.9 Å². The zero-order valence-electron chi connectivity index (χ0n) is 10.2. The zero-order chi connectivity index (χ0) is 13.0. The Bertz CT molecular complexity index is 464. The SMILES string of the molecule is CCC1OCCC1C(=O)Nc1ccc(C#N)cn1. The van der Waals surface area contributed by atoms with Gasteiger partial charge in [0, 0.05) is 12.8 Å². The van der Waals surface area contributed by atoms with E-state index < -0.39 is 0 Å². The maximum absolute atomic E-state index is 12.0. The van der Waals surface area contributed by atoms with Gasteiger partial charge in [-0.15, -0.1) is 0 Å². The first kappa shape index (κ1) is 12.5. The fourth-order valence-electron chi connectivity index (χ4n) is 2.10. The van der Waals surface area contributed by atoms with Gasteiger partial charge in [0.25, 0.3) is 0 Å². The Morgan fingerprint density at radius 2 is 2.50 bits per heavy atom. The highest BCUT2D eigenvalue weighted by Crippen LogP contribution is 2.24. The highest BCUT2D eigenvalue weighted by molar-refractivity contribution is 5.92. The number of nitrogens with one attached hydrogen (secondary N) is 1. The molecule has 0 radical (unpaired) electrons. The summed E-state index contributed by atoms with van der Waals surface area (Å²) in [5.74, 6) is 0.310. The van der Waals surface area contributed by atoms with Crippen LogP contribution in [0.2, 0.25) is 0 Å². The predicted octanol–water partition coefficient (Wildman–Crippen LogP) is 1.71. The van der Waals surface area contributed by atoms with Crippen molar-refractivity contribution in [2.75, 3.05) is 11.9 Å². The standard InChI is InChI=1S/C13H15N3O2/c1-2-11-10(5-6-18-11)13(17)16-12-4-3-9(7-14)8-15-12/h3-4,8,10-11H,2,5-6H2,1H3,(H,15,16,17). The van der Waals surface area contributed by atoms with Crippen LogP contribution in [-0.2, 0) is 9.53 Å². The lowest BCUT2D eigenvalue weighted by Crippen LogP contribution is -2.29. The number of amides is 1. The second-order valence-corrected chi connectivity index (χ2v) is 4.25. The summed E-state index contributed by atoms with van der Waals surface area (Å²) in [5.41, 5.74) is 0.476. The van der Waals surface area contributed by atoms with Crippen LogP contribution >= 0.6 is 0 Å². The third-order valence-electron chi connectivity index (χ3n) is 3.09. The lowest BCUT2D eigenvalue weighted by molar-refractivity contribution is -0.121. The molecule has 1 N–H and O–H groups in total. The number of anilines is 1. The third kappa shape index (κ3) is 2.66. The molecule has 2 atom stereocenters. The molecule has 2 rings (SSSR count). The summed E-state index contributed by atoms with van der Waals surface area (Å²) in [6.07, 6.45) is 3.03. The molecule has 1 saturated heterocycles. The van der Waals surface area contributed by atoms with Crippen LogP contribution in [0.3, 0.4) is 0 Å². The fraction of sp³-hybridized carbons (Fsp3) is 0.462. The third-order valence-corrected chi connectivity index (χ3v) is 3.09. The van der Waals surface area contributed by atoms with Crippen molar-refractivity contribution < 1.29 is 9.53 Å². The average molecular weight is 245 g/mol. The van der Waals surface area contributed by atoms with Gasteiger partial charge in [0.2, 0.25) is 5.91 Å². The monoisotopic (exact) mass is 245 g/mol. The molecule has 1 aromatic heterocycles. The first-order chi connectivity index (χ1) is 8.74. The molecule has 1 amide bonds. The number of nitrogens with zero attached hydrogens (tertiary/aromatic N) is 2. The number of rotatable bonds is 3. The molecule has 0 bridgehead atoms. The maximum atomic E-state index is 12.0. The van der Waals surface area contributed by atoms with Crippen LogP contribution in [0.15, 0.2) is 18.3 Å². The zero-order valence-corrected chi connectivity index (χ0v) is 10.2. The van der Waals surface area contributed by atoms with E-state index in [0.717, 1.165) is 12.8 Å². The van der Waals surface area contributed by atoms with E-state index in [0.29, 0.717) is 18.0 Å². The van der Waals surface area contributed by atoms with Gasteiger partial charge in [-0.25, -0.2) is 4.98 Å². The molecule has 1 aromatic rings. The van der Waals surface area contributed by atoms with E-state index in [2.05, 4.69) is 10.3 Å². The number of pyridine rings is 1. The molecule has 18 heavy (non-hydrogen) atoms. The molecule has 1 aliphatic rings. The highest BCUT2D eigenvalue weighted by atomic mass is 16.5. The van der Waals surface area contributed by atoms with Crippen molar-refractivity contribution in [3.05, 3.63) is 23.9 Å². The summed E-state index contributed by atoms with van der Waals surface area (Å²) < 4.78 is 5.49. The molecule has 0 saturated carbocycles. The Hall–Kier alpha value is -1.93. The van der Waals surface area contributed by atoms with E-state index in [9.17, 15) is 4.79 Å². The van der Waals surface area contributed by atoms with Crippen molar-refractivity contribution in [2.24, 2.45) is 5.92 Å². The van der Waals surface area contributed by atoms with Crippen LogP contribution in [-0.4, -0.2) is 23.6 Å². The Morgan fingerprint density at radius 3 is 3.11 bits per heavy atom. The minimum Gasteiger partial charge on any atom is -0.377 e. The van der Waals surface area contributed by atoms with Crippen LogP contribution < -0.4 is 5.32 Å². The van der Waals surface area contributed by atoms with Crippen LogP contribution in [0.1, 0.15) is 25.3 Å². The summed E-state index contributed by atoms with van der Waals surface area (Å²) in [5, 5.41) is 11.4. The number of carbonyl (C=O) groups is 1. The molecule has 2 unspecified atom stereocenters. The maximum Gasteiger partial charge on any atom is 0.231 e. The molecule has 94 valence electrons. The first-order valence-corrected chi connectivity index (χ1v) is 6.03. The van der Waals surface area contributed by atoms with Gasteiger partial charge in [0.15, 0.2) is 0 Å². The van der Waals surface area contributed by atoms with E-state index in [1.165, 1.54) is 6.20 Å². The van der Waals surface area contributed by atoms with Gasteiger partial charge in [-0.05, 0) is 25.0 Å². The molecule has 0 aliphatic carbocycles. The second kappa shape index (κ2) is 5.61. The molecule has 1 aliphatic heterocycles. The van der Waals surface area contributed by atoms with Gasteiger partial charge in [-0.3, -0.25) is 4.79 Å². The van der Waals surface area contributed by atoms with Crippen molar-refractivity contribution in [1.82, 2.24) is 4.98 Å². The van der Waals surface area contributed by atoms with Crippen molar-refractivity contribution in [3.8, 4) is 6.07 Å². The lowest BCUT2D eigenvalue weighted by atomic mass is 9.99. The van der Waals surface area contributed by atoms with Gasteiger partial charge in [-0.1, -0.05) is 6.92 Å². The number of hydrogen-bond acceptors (Lipinski definition) is 4. The summed E-state index contributed by atoms with van der Waals surface area (Å²) in [4.78, 5) is 16.1. The summed E-state index contributed by atoms with van der Waals surface area (Å²) >= 11 is 0. The van der Waals surface area contributed by atoms with E-state index in [-0.39, 0.29) is 17.9 Å². The quantitative estimate of drug-likeness (QED) is 0.879. The van der Waals surface area contributed by atoms with Crippen LogP contribution in [0.25, 0.3) is 0 Å². The minimum atomic E-state index is -0.104.